The van der Waals surface area contributed by atoms with E-state index in [0.29, 0.717) is 0 Å². The molecule has 0 heteroatoms. The van der Waals surface area contributed by atoms with Crippen LogP contribution in [0.15, 0.2) is 11.1 Å². The smallest absolute Gasteiger partial charge is 0.0318 e. The van der Waals surface area contributed by atoms with Gasteiger partial charge in [0.15, 0.2) is 0 Å². The quantitative estimate of drug-likeness (QED) is 0.554. The number of allylic oxidation sites excluding steroid dienone is 2. The second-order valence-corrected chi connectivity index (χ2v) is 5.63. The Morgan fingerprint density at radius 2 is 1.67 bits per heavy atom. The molecule has 15 heavy (non-hydrogen) atoms. The van der Waals surface area contributed by atoms with Crippen LogP contribution in [0.5, 0.6) is 0 Å². The Morgan fingerprint density at radius 3 is 2.33 bits per heavy atom. The minimum absolute atomic E-state index is 1.07. The summed E-state index contributed by atoms with van der Waals surface area (Å²) in [5, 5.41) is 0. The molecule has 0 aliphatic heterocycles. The molecule has 0 saturated heterocycles. The van der Waals surface area contributed by atoms with Gasteiger partial charge in [-0.3, -0.25) is 0 Å². The lowest BCUT2D eigenvalue weighted by atomic mass is 9.85. The Bertz CT molecular complexity index is 210. The van der Waals surface area contributed by atoms with Crippen LogP contribution in [0.4, 0.5) is 0 Å². The molecule has 0 heterocycles. The van der Waals surface area contributed by atoms with E-state index in [1.165, 1.54) is 70.6 Å². The first-order chi connectivity index (χ1) is 7.36. The molecule has 0 atom stereocenters. The summed E-state index contributed by atoms with van der Waals surface area (Å²) in [7, 11) is 0. The predicted octanol–water partition coefficient (Wildman–Crippen LogP) is 5.24. The Labute approximate surface area is 95.1 Å². The van der Waals surface area contributed by atoms with E-state index in [-0.39, 0.29) is 0 Å². The number of hydrogen-bond donors (Lipinski definition) is 0. The van der Waals surface area contributed by atoms with Gasteiger partial charge in [-0.05, 0) is 51.4 Å². The summed E-state index contributed by atoms with van der Waals surface area (Å²) < 4.78 is 0. The molecule has 2 aliphatic rings. The first kappa shape index (κ1) is 11.2. The number of rotatable bonds is 3. The minimum Gasteiger partial charge on any atom is -0.0741 e. The Balaban J connectivity index is 1.74. The molecule has 0 bridgehead atoms. The van der Waals surface area contributed by atoms with Crippen LogP contribution in [-0.2, 0) is 0 Å². The standard InChI is InChI=1S/C15H26/c1-13(15-9-5-6-10-15)11-12-14-7-3-2-4-8-14/h14H,2-12H2,1H3. The van der Waals surface area contributed by atoms with Crippen molar-refractivity contribution in [2.24, 2.45) is 5.92 Å². The third-order valence-electron chi connectivity index (χ3n) is 4.46. The summed E-state index contributed by atoms with van der Waals surface area (Å²) in [6.07, 6.45) is 16.1. The fourth-order valence-electron chi connectivity index (χ4n) is 3.30. The van der Waals surface area contributed by atoms with Crippen LogP contribution in [0.3, 0.4) is 0 Å². The van der Waals surface area contributed by atoms with Gasteiger partial charge < -0.3 is 0 Å². The molecule has 0 nitrogen and oxygen atoms in total. The lowest BCUT2D eigenvalue weighted by Crippen LogP contribution is -2.06. The van der Waals surface area contributed by atoms with Crippen molar-refractivity contribution in [2.75, 3.05) is 0 Å². The molecule has 86 valence electrons. The van der Waals surface area contributed by atoms with Crippen LogP contribution in [-0.4, -0.2) is 0 Å². The van der Waals surface area contributed by atoms with Crippen molar-refractivity contribution in [3.05, 3.63) is 11.1 Å². The average Bonchev–Trinajstić information content (AvgIpc) is 2.81. The fourth-order valence-corrected chi connectivity index (χ4v) is 3.30. The van der Waals surface area contributed by atoms with Gasteiger partial charge in [0.1, 0.15) is 0 Å². The van der Waals surface area contributed by atoms with Gasteiger partial charge in [-0.2, -0.15) is 0 Å². The van der Waals surface area contributed by atoms with Crippen LogP contribution in [0.2, 0.25) is 0 Å². The normalized spacial score (nSPS) is 23.4. The SMILES string of the molecule is CC(CCC1CCCCC1)=C1CCCC1. The largest absolute Gasteiger partial charge is 0.0741 e. The molecular weight excluding hydrogens is 180 g/mol. The Hall–Kier alpha value is -0.260. The molecule has 2 saturated carbocycles. The van der Waals surface area contributed by atoms with E-state index < -0.39 is 0 Å². The van der Waals surface area contributed by atoms with Crippen molar-refractivity contribution in [3.8, 4) is 0 Å². The van der Waals surface area contributed by atoms with E-state index >= 15 is 0 Å². The van der Waals surface area contributed by atoms with Crippen molar-refractivity contribution >= 4 is 0 Å². The Morgan fingerprint density at radius 1 is 1.00 bits per heavy atom. The van der Waals surface area contributed by atoms with E-state index in [1.54, 1.807) is 5.57 Å². The second kappa shape index (κ2) is 5.72. The molecule has 0 aromatic heterocycles. The third-order valence-corrected chi connectivity index (χ3v) is 4.46. The molecule has 0 radical (unpaired) electrons. The van der Waals surface area contributed by atoms with Crippen LogP contribution >= 0.6 is 0 Å². The summed E-state index contributed by atoms with van der Waals surface area (Å²) in [5.74, 6) is 1.07. The summed E-state index contributed by atoms with van der Waals surface area (Å²) in [6.45, 7) is 2.39. The first-order valence-corrected chi connectivity index (χ1v) is 7.04. The Kier molecular flexibility index (Phi) is 4.29. The van der Waals surface area contributed by atoms with E-state index in [4.69, 9.17) is 0 Å². The van der Waals surface area contributed by atoms with Gasteiger partial charge in [0.25, 0.3) is 0 Å². The molecular formula is C15H26. The summed E-state index contributed by atoms with van der Waals surface area (Å²) >= 11 is 0. The lowest BCUT2D eigenvalue weighted by Gasteiger charge is -2.21. The topological polar surface area (TPSA) is 0 Å². The molecule has 0 aromatic carbocycles. The van der Waals surface area contributed by atoms with Crippen LogP contribution in [0.25, 0.3) is 0 Å². The van der Waals surface area contributed by atoms with Crippen molar-refractivity contribution < 1.29 is 0 Å². The van der Waals surface area contributed by atoms with Gasteiger partial charge >= 0.3 is 0 Å². The molecule has 0 N–H and O–H groups in total. The maximum Gasteiger partial charge on any atom is -0.0318 e. The van der Waals surface area contributed by atoms with Crippen LogP contribution < -0.4 is 0 Å². The van der Waals surface area contributed by atoms with E-state index in [9.17, 15) is 0 Å². The summed E-state index contributed by atoms with van der Waals surface area (Å²) in [6, 6.07) is 0. The second-order valence-electron chi connectivity index (χ2n) is 5.63. The zero-order valence-electron chi connectivity index (χ0n) is 10.4. The van der Waals surface area contributed by atoms with Gasteiger partial charge in [0.05, 0.1) is 0 Å². The lowest BCUT2D eigenvalue weighted by molar-refractivity contribution is 0.338. The zero-order chi connectivity index (χ0) is 10.5. The van der Waals surface area contributed by atoms with Crippen LogP contribution in [0.1, 0.15) is 77.6 Å². The molecule has 2 fully saturated rings. The van der Waals surface area contributed by atoms with Crippen molar-refractivity contribution in [1.82, 2.24) is 0 Å². The maximum atomic E-state index is 2.39. The van der Waals surface area contributed by atoms with Crippen molar-refractivity contribution in [1.29, 1.82) is 0 Å². The molecule has 2 aliphatic carbocycles. The summed E-state index contributed by atoms with van der Waals surface area (Å²) in [5.41, 5.74) is 3.56. The molecule has 0 spiro atoms. The highest BCUT2D eigenvalue weighted by Crippen LogP contribution is 2.32. The molecule has 2 rings (SSSR count). The minimum atomic E-state index is 1.07. The van der Waals surface area contributed by atoms with E-state index in [2.05, 4.69) is 6.92 Å². The predicted molar refractivity (Wildman–Crippen MR) is 67.0 cm³/mol. The highest BCUT2D eigenvalue weighted by Gasteiger charge is 2.14. The molecule has 0 unspecified atom stereocenters. The highest BCUT2D eigenvalue weighted by atomic mass is 14.2. The van der Waals surface area contributed by atoms with Gasteiger partial charge in [-0.25, -0.2) is 0 Å². The van der Waals surface area contributed by atoms with Gasteiger partial charge in [0.2, 0.25) is 0 Å². The molecule has 0 aromatic rings. The highest BCUT2D eigenvalue weighted by molar-refractivity contribution is 5.14. The average molecular weight is 206 g/mol. The third kappa shape index (κ3) is 3.36. The van der Waals surface area contributed by atoms with Crippen molar-refractivity contribution in [3.63, 3.8) is 0 Å². The van der Waals surface area contributed by atoms with Crippen molar-refractivity contribution in [2.45, 2.75) is 77.6 Å². The van der Waals surface area contributed by atoms with Gasteiger partial charge in [-0.15, -0.1) is 0 Å². The molecule has 0 amide bonds. The van der Waals surface area contributed by atoms with E-state index in [0.717, 1.165) is 5.92 Å². The monoisotopic (exact) mass is 206 g/mol. The van der Waals surface area contributed by atoms with Gasteiger partial charge in [0, 0.05) is 0 Å². The number of hydrogen-bond acceptors (Lipinski definition) is 0. The maximum absolute atomic E-state index is 2.39. The van der Waals surface area contributed by atoms with Gasteiger partial charge in [-0.1, -0.05) is 43.3 Å². The van der Waals surface area contributed by atoms with E-state index in [1.807, 2.05) is 5.57 Å². The zero-order valence-corrected chi connectivity index (χ0v) is 10.4. The first-order valence-electron chi connectivity index (χ1n) is 7.04. The van der Waals surface area contributed by atoms with Crippen LogP contribution in [0, 0.1) is 5.92 Å². The summed E-state index contributed by atoms with van der Waals surface area (Å²) in [4.78, 5) is 0. The fraction of sp³-hybridized carbons (Fsp3) is 0.867.